The van der Waals surface area contributed by atoms with Crippen molar-refractivity contribution in [1.29, 1.82) is 0 Å². The van der Waals surface area contributed by atoms with Gasteiger partial charge in [0.1, 0.15) is 6.54 Å². The number of aromatic nitrogens is 2. The number of imidazole rings is 1. The van der Waals surface area contributed by atoms with Crippen molar-refractivity contribution < 1.29 is 14.3 Å². The van der Waals surface area contributed by atoms with Crippen LogP contribution in [0.15, 0.2) is 54.7 Å². The van der Waals surface area contributed by atoms with Gasteiger partial charge >= 0.3 is 0 Å². The molecule has 0 bridgehead atoms. The maximum atomic E-state index is 13.2. The number of nitrogens with zero attached hydrogens (tertiary/aromatic N) is 3. The highest BCUT2D eigenvalue weighted by Crippen LogP contribution is 2.26. The molecule has 1 unspecified atom stereocenters. The number of carbonyl (C=O) groups excluding carboxylic acids is 2. The molecule has 7 nitrogen and oxygen atoms in total. The molecule has 2 amide bonds. The lowest BCUT2D eigenvalue weighted by Crippen LogP contribution is -2.42. The minimum Gasteiger partial charge on any atom is -0.376 e. The molecule has 0 aliphatic carbocycles. The summed E-state index contributed by atoms with van der Waals surface area (Å²) < 4.78 is 7.58. The molecule has 4 rings (SSSR count). The Morgan fingerprint density at radius 3 is 2.53 bits per heavy atom. The Balaban J connectivity index is 1.58. The summed E-state index contributed by atoms with van der Waals surface area (Å²) in [6, 6.07) is 15.4. The van der Waals surface area contributed by atoms with E-state index in [9.17, 15) is 9.59 Å². The number of hydrogen-bond acceptors (Lipinski definition) is 4. The largest absolute Gasteiger partial charge is 0.376 e. The number of carbonyl (C=O) groups is 2. The van der Waals surface area contributed by atoms with Crippen molar-refractivity contribution in [3.05, 3.63) is 65.3 Å². The molecule has 36 heavy (non-hydrogen) atoms. The second-order valence-corrected chi connectivity index (χ2v) is 10.2. The lowest BCUT2D eigenvalue weighted by Gasteiger charge is -2.25. The molecular weight excluding hydrogens is 476 g/mol. The van der Waals surface area contributed by atoms with Gasteiger partial charge in [0.25, 0.3) is 0 Å². The first-order valence-electron chi connectivity index (χ1n) is 12.4. The third-order valence-corrected chi connectivity index (χ3v) is 6.38. The van der Waals surface area contributed by atoms with E-state index in [0.717, 1.165) is 29.7 Å². The SMILES string of the molecule is Cc1ccc(-n2cc(-c3ccc(Cl)cc3)nc2NC(=O)CN(CC2CCCO2)C(=O)CC(C)C)cc1. The van der Waals surface area contributed by atoms with Gasteiger partial charge < -0.3 is 9.64 Å². The summed E-state index contributed by atoms with van der Waals surface area (Å²) in [5, 5.41) is 3.58. The predicted octanol–water partition coefficient (Wildman–Crippen LogP) is 5.49. The smallest absolute Gasteiger partial charge is 0.246 e. The third-order valence-electron chi connectivity index (χ3n) is 6.13. The average Bonchev–Trinajstić information content (AvgIpc) is 3.49. The fourth-order valence-electron chi connectivity index (χ4n) is 4.23. The molecule has 1 aliphatic rings. The molecule has 1 N–H and O–H groups in total. The van der Waals surface area contributed by atoms with Gasteiger partial charge in [0.05, 0.1) is 11.8 Å². The van der Waals surface area contributed by atoms with E-state index in [2.05, 4.69) is 5.32 Å². The monoisotopic (exact) mass is 508 g/mol. The van der Waals surface area contributed by atoms with Crippen LogP contribution >= 0.6 is 11.6 Å². The average molecular weight is 509 g/mol. The molecule has 190 valence electrons. The van der Waals surface area contributed by atoms with Crippen LogP contribution in [0, 0.1) is 12.8 Å². The lowest BCUT2D eigenvalue weighted by molar-refractivity contribution is -0.136. The molecular formula is C28H33ClN4O3. The fraction of sp³-hybridized carbons (Fsp3) is 0.393. The minimum absolute atomic E-state index is 0.0278. The summed E-state index contributed by atoms with van der Waals surface area (Å²) in [4.78, 5) is 32.5. The Hall–Kier alpha value is -3.16. The van der Waals surface area contributed by atoms with Crippen LogP contribution in [-0.4, -0.2) is 52.1 Å². The molecule has 0 saturated carbocycles. The van der Waals surface area contributed by atoms with E-state index in [-0.39, 0.29) is 30.4 Å². The van der Waals surface area contributed by atoms with Crippen molar-refractivity contribution >= 4 is 29.4 Å². The molecule has 1 fully saturated rings. The zero-order valence-corrected chi connectivity index (χ0v) is 21.8. The predicted molar refractivity (Wildman–Crippen MR) is 142 cm³/mol. The van der Waals surface area contributed by atoms with E-state index in [0.29, 0.717) is 36.2 Å². The fourth-order valence-corrected chi connectivity index (χ4v) is 4.36. The van der Waals surface area contributed by atoms with Crippen molar-refractivity contribution in [3.63, 3.8) is 0 Å². The summed E-state index contributed by atoms with van der Waals surface area (Å²) in [7, 11) is 0. The second-order valence-electron chi connectivity index (χ2n) is 9.72. The van der Waals surface area contributed by atoms with E-state index < -0.39 is 0 Å². The molecule has 2 heterocycles. The van der Waals surface area contributed by atoms with Gasteiger partial charge in [0, 0.05) is 42.0 Å². The molecule has 0 radical (unpaired) electrons. The molecule has 3 aromatic rings. The summed E-state index contributed by atoms with van der Waals surface area (Å²) >= 11 is 6.06. The van der Waals surface area contributed by atoms with Crippen molar-refractivity contribution in [2.75, 3.05) is 25.0 Å². The Morgan fingerprint density at radius 1 is 1.17 bits per heavy atom. The first kappa shape index (κ1) is 25.9. The van der Waals surface area contributed by atoms with E-state index in [1.54, 1.807) is 4.90 Å². The highest BCUT2D eigenvalue weighted by molar-refractivity contribution is 6.30. The number of aryl methyl sites for hydroxylation is 1. The van der Waals surface area contributed by atoms with Crippen molar-refractivity contribution in [2.24, 2.45) is 5.92 Å². The zero-order valence-electron chi connectivity index (χ0n) is 21.0. The molecule has 2 aromatic carbocycles. The van der Waals surface area contributed by atoms with Gasteiger partial charge in [-0.2, -0.15) is 0 Å². The maximum absolute atomic E-state index is 13.2. The van der Waals surface area contributed by atoms with E-state index in [4.69, 9.17) is 21.3 Å². The number of halogens is 1. The first-order valence-corrected chi connectivity index (χ1v) is 12.8. The highest BCUT2D eigenvalue weighted by Gasteiger charge is 2.25. The van der Waals surface area contributed by atoms with Crippen molar-refractivity contribution in [1.82, 2.24) is 14.5 Å². The van der Waals surface area contributed by atoms with Crippen LogP contribution in [0.1, 0.15) is 38.7 Å². The van der Waals surface area contributed by atoms with E-state index in [1.807, 2.05) is 80.1 Å². The number of benzene rings is 2. The van der Waals surface area contributed by atoms with E-state index in [1.165, 1.54) is 0 Å². The number of amides is 2. The Bertz CT molecular complexity index is 1180. The Kier molecular flexibility index (Phi) is 8.44. The quantitative estimate of drug-likeness (QED) is 0.414. The summed E-state index contributed by atoms with van der Waals surface area (Å²) in [5.41, 5.74) is 3.59. The molecule has 0 spiro atoms. The van der Waals surface area contributed by atoms with Crippen LogP contribution in [0.3, 0.4) is 0 Å². The van der Waals surface area contributed by atoms with Gasteiger partial charge in [0.15, 0.2) is 0 Å². The Morgan fingerprint density at radius 2 is 1.89 bits per heavy atom. The standard InChI is InChI=1S/C28H33ClN4O3/c1-19(2)15-27(35)32(16-24-5-4-14-36-24)18-26(34)31-28-30-25(21-8-10-22(29)11-9-21)17-33(28)23-12-6-20(3)7-13-23/h6-13,17,19,24H,4-5,14-16,18H2,1-3H3,(H,30,31,34). The van der Waals surface area contributed by atoms with Gasteiger partial charge in [-0.1, -0.05) is 55.3 Å². The number of anilines is 1. The lowest BCUT2D eigenvalue weighted by atomic mass is 10.1. The molecule has 1 atom stereocenters. The third kappa shape index (κ3) is 6.74. The molecule has 1 saturated heterocycles. The normalized spacial score (nSPS) is 15.3. The van der Waals surface area contributed by atoms with Gasteiger partial charge in [0.2, 0.25) is 17.8 Å². The van der Waals surface area contributed by atoms with Crippen molar-refractivity contribution in [2.45, 2.75) is 46.1 Å². The highest BCUT2D eigenvalue weighted by atomic mass is 35.5. The van der Waals surface area contributed by atoms with E-state index >= 15 is 0 Å². The maximum Gasteiger partial charge on any atom is 0.246 e. The van der Waals surface area contributed by atoms with Crippen LogP contribution in [-0.2, 0) is 14.3 Å². The number of rotatable bonds is 9. The zero-order chi connectivity index (χ0) is 25.7. The first-order chi connectivity index (χ1) is 17.3. The van der Waals surface area contributed by atoms with Crippen LogP contribution < -0.4 is 5.32 Å². The molecule has 8 heteroatoms. The number of nitrogens with one attached hydrogen (secondary N) is 1. The molecule has 1 aromatic heterocycles. The Labute approximate surface area is 217 Å². The minimum atomic E-state index is -0.299. The number of ether oxygens (including phenoxy) is 1. The second kappa shape index (κ2) is 11.7. The van der Waals surface area contributed by atoms with Gasteiger partial charge in [-0.25, -0.2) is 4.98 Å². The van der Waals surface area contributed by atoms with Crippen LogP contribution in [0.25, 0.3) is 16.9 Å². The van der Waals surface area contributed by atoms with Gasteiger partial charge in [-0.3, -0.25) is 19.5 Å². The summed E-state index contributed by atoms with van der Waals surface area (Å²) in [6.07, 6.45) is 4.12. The summed E-state index contributed by atoms with van der Waals surface area (Å²) in [5.74, 6) is 0.253. The molecule has 1 aliphatic heterocycles. The van der Waals surface area contributed by atoms with Crippen molar-refractivity contribution in [3.8, 4) is 16.9 Å². The van der Waals surface area contributed by atoms with Gasteiger partial charge in [-0.15, -0.1) is 0 Å². The van der Waals surface area contributed by atoms with Crippen LogP contribution in [0.2, 0.25) is 5.02 Å². The van der Waals surface area contributed by atoms with Crippen LogP contribution in [0.4, 0.5) is 5.95 Å². The summed E-state index contributed by atoms with van der Waals surface area (Å²) in [6.45, 7) is 7.09. The van der Waals surface area contributed by atoms with Crippen LogP contribution in [0.5, 0.6) is 0 Å². The van der Waals surface area contributed by atoms with Gasteiger partial charge in [-0.05, 0) is 49.9 Å². The number of hydrogen-bond donors (Lipinski definition) is 1. The topological polar surface area (TPSA) is 76.5 Å².